The molecular formula is C22H26N2O4S. The summed E-state index contributed by atoms with van der Waals surface area (Å²) in [6.07, 6.45) is 0.419. The average Bonchev–Trinajstić information content (AvgIpc) is 3.03. The Morgan fingerprint density at radius 2 is 1.93 bits per heavy atom. The lowest BCUT2D eigenvalue weighted by molar-refractivity contribution is -0.152. The highest BCUT2D eigenvalue weighted by molar-refractivity contribution is 7.19. The minimum Gasteiger partial charge on any atom is -0.464 e. The summed E-state index contributed by atoms with van der Waals surface area (Å²) in [6.45, 7) is 7.76. The van der Waals surface area contributed by atoms with Gasteiger partial charge in [0.05, 0.1) is 18.6 Å². The van der Waals surface area contributed by atoms with Crippen LogP contribution < -0.4 is 5.56 Å². The lowest BCUT2D eigenvalue weighted by atomic mass is 10.0. The maximum absolute atomic E-state index is 13.8. The third-order valence-corrected chi connectivity index (χ3v) is 5.90. The van der Waals surface area contributed by atoms with Gasteiger partial charge in [-0.25, -0.2) is 9.78 Å². The normalized spacial score (nSPS) is 11.8. The molecule has 3 rings (SSSR count). The predicted molar refractivity (Wildman–Crippen MR) is 116 cm³/mol. The molecule has 0 saturated heterocycles. The zero-order valence-electron chi connectivity index (χ0n) is 17.4. The van der Waals surface area contributed by atoms with Crippen molar-refractivity contribution in [2.75, 3.05) is 20.3 Å². The van der Waals surface area contributed by atoms with Gasteiger partial charge in [-0.15, -0.1) is 11.3 Å². The van der Waals surface area contributed by atoms with E-state index < -0.39 is 11.5 Å². The zero-order chi connectivity index (χ0) is 21.2. The minimum absolute atomic E-state index is 0.234. The van der Waals surface area contributed by atoms with E-state index in [2.05, 4.69) is 0 Å². The maximum Gasteiger partial charge on any atom is 0.331 e. The molecule has 0 saturated carbocycles. The maximum atomic E-state index is 13.8. The first-order chi connectivity index (χ1) is 13.8. The van der Waals surface area contributed by atoms with E-state index in [-0.39, 0.29) is 12.2 Å². The number of nitrogens with zero attached hydrogens (tertiary/aromatic N) is 2. The molecule has 0 amide bonds. The number of aromatic nitrogens is 2. The lowest BCUT2D eigenvalue weighted by Gasteiger charge is -2.27. The molecule has 7 heteroatoms. The van der Waals surface area contributed by atoms with Crippen molar-refractivity contribution in [3.63, 3.8) is 0 Å². The summed E-state index contributed by atoms with van der Waals surface area (Å²) >= 11 is 1.49. The summed E-state index contributed by atoms with van der Waals surface area (Å²) in [5.41, 5.74) is 0.402. The molecule has 154 valence electrons. The smallest absolute Gasteiger partial charge is 0.331 e. The van der Waals surface area contributed by atoms with Gasteiger partial charge in [-0.2, -0.15) is 0 Å². The second-order valence-electron chi connectivity index (χ2n) is 7.27. The van der Waals surface area contributed by atoms with Crippen LogP contribution in [0.4, 0.5) is 0 Å². The fraction of sp³-hybridized carbons (Fsp3) is 0.409. The molecule has 6 nitrogen and oxygen atoms in total. The number of carbonyl (C=O) groups excluding carboxylic acids is 1. The number of benzene rings is 1. The van der Waals surface area contributed by atoms with E-state index in [1.165, 1.54) is 15.9 Å². The highest BCUT2D eigenvalue weighted by Gasteiger charge is 2.36. The highest BCUT2D eigenvalue weighted by atomic mass is 32.1. The van der Waals surface area contributed by atoms with Gasteiger partial charge < -0.3 is 9.47 Å². The van der Waals surface area contributed by atoms with Crippen molar-refractivity contribution in [3.05, 3.63) is 51.4 Å². The second-order valence-corrected chi connectivity index (χ2v) is 8.47. The molecular weight excluding hydrogens is 388 g/mol. The van der Waals surface area contributed by atoms with Crippen molar-refractivity contribution in [1.82, 2.24) is 9.55 Å². The molecule has 0 radical (unpaired) electrons. The van der Waals surface area contributed by atoms with Gasteiger partial charge in [-0.3, -0.25) is 9.36 Å². The standard InChI is InChI=1S/C22H26N2O4S/c1-6-28-21(26)22(3,4)24-16(12-13-27-5)23-19-18(20(24)25)17(14(2)29-19)15-10-8-7-9-11-15/h7-11H,6,12-13H2,1-5H3. The van der Waals surface area contributed by atoms with Gasteiger partial charge in [0.1, 0.15) is 16.2 Å². The fourth-order valence-corrected chi connectivity index (χ4v) is 4.55. The Hall–Kier alpha value is -2.51. The van der Waals surface area contributed by atoms with Gasteiger partial charge in [0.25, 0.3) is 5.56 Å². The van der Waals surface area contributed by atoms with Crippen molar-refractivity contribution in [1.29, 1.82) is 0 Å². The summed E-state index contributed by atoms with van der Waals surface area (Å²) in [6, 6.07) is 9.79. The van der Waals surface area contributed by atoms with E-state index >= 15 is 0 Å². The first-order valence-corrected chi connectivity index (χ1v) is 10.4. The first-order valence-electron chi connectivity index (χ1n) is 9.60. The number of ether oxygens (including phenoxy) is 2. The minimum atomic E-state index is -1.19. The van der Waals surface area contributed by atoms with E-state index in [9.17, 15) is 9.59 Å². The Balaban J connectivity index is 2.35. The van der Waals surface area contributed by atoms with E-state index in [4.69, 9.17) is 14.5 Å². The van der Waals surface area contributed by atoms with Crippen molar-refractivity contribution in [2.45, 2.75) is 39.7 Å². The number of carbonyl (C=O) groups is 1. The zero-order valence-corrected chi connectivity index (χ0v) is 18.3. The van der Waals surface area contributed by atoms with Crippen LogP contribution in [-0.2, 0) is 26.2 Å². The highest BCUT2D eigenvalue weighted by Crippen LogP contribution is 2.36. The van der Waals surface area contributed by atoms with Crippen LogP contribution in [0.15, 0.2) is 35.1 Å². The van der Waals surface area contributed by atoms with Crippen LogP contribution in [0.25, 0.3) is 21.3 Å². The molecule has 29 heavy (non-hydrogen) atoms. The third-order valence-electron chi connectivity index (χ3n) is 4.90. The molecule has 0 aliphatic carbocycles. The van der Waals surface area contributed by atoms with E-state index in [0.29, 0.717) is 29.1 Å². The Labute approximate surface area is 174 Å². The van der Waals surface area contributed by atoms with Crippen molar-refractivity contribution in [2.24, 2.45) is 0 Å². The molecule has 0 aliphatic heterocycles. The van der Waals surface area contributed by atoms with Crippen molar-refractivity contribution < 1.29 is 14.3 Å². The van der Waals surface area contributed by atoms with Gasteiger partial charge >= 0.3 is 5.97 Å². The molecule has 0 N–H and O–H groups in total. The van der Waals surface area contributed by atoms with Crippen LogP contribution in [0.2, 0.25) is 0 Å². The van der Waals surface area contributed by atoms with E-state index in [0.717, 1.165) is 16.0 Å². The fourth-order valence-electron chi connectivity index (χ4n) is 3.49. The predicted octanol–water partition coefficient (Wildman–Crippen LogP) is 3.92. The van der Waals surface area contributed by atoms with Crippen LogP contribution in [0.3, 0.4) is 0 Å². The number of rotatable bonds is 7. The van der Waals surface area contributed by atoms with Gasteiger partial charge in [0.15, 0.2) is 0 Å². The van der Waals surface area contributed by atoms with Crippen molar-refractivity contribution in [3.8, 4) is 11.1 Å². The summed E-state index contributed by atoms with van der Waals surface area (Å²) in [5, 5.41) is 0.539. The number of hydrogen-bond donors (Lipinski definition) is 0. The van der Waals surface area contributed by atoms with Gasteiger partial charge in [-0.1, -0.05) is 30.3 Å². The topological polar surface area (TPSA) is 70.4 Å². The molecule has 0 bridgehead atoms. The van der Waals surface area contributed by atoms with Crippen LogP contribution in [0, 0.1) is 6.92 Å². The number of thiophene rings is 1. The lowest BCUT2D eigenvalue weighted by Crippen LogP contribution is -2.46. The molecule has 0 aliphatic rings. The SMILES string of the molecule is CCOC(=O)C(C)(C)n1c(CCOC)nc2sc(C)c(-c3ccccc3)c2c1=O. The Bertz CT molecular complexity index is 1080. The van der Waals surface area contributed by atoms with Gasteiger partial charge in [-0.05, 0) is 33.3 Å². The molecule has 2 aromatic heterocycles. The summed E-state index contributed by atoms with van der Waals surface area (Å²) in [5.74, 6) is 0.0541. The first kappa shape index (κ1) is 21.2. The Morgan fingerprint density at radius 1 is 1.24 bits per heavy atom. The Morgan fingerprint density at radius 3 is 2.55 bits per heavy atom. The van der Waals surface area contributed by atoms with Crippen LogP contribution in [0.5, 0.6) is 0 Å². The molecule has 0 atom stereocenters. The molecule has 0 spiro atoms. The number of methoxy groups -OCH3 is 1. The molecule has 3 aromatic rings. The van der Waals surface area contributed by atoms with E-state index in [1.807, 2.05) is 37.3 Å². The number of esters is 1. The summed E-state index contributed by atoms with van der Waals surface area (Å²) in [7, 11) is 1.60. The van der Waals surface area contributed by atoms with Crippen LogP contribution >= 0.6 is 11.3 Å². The largest absolute Gasteiger partial charge is 0.464 e. The van der Waals surface area contributed by atoms with Crippen LogP contribution in [0.1, 0.15) is 31.5 Å². The van der Waals surface area contributed by atoms with Crippen molar-refractivity contribution >= 4 is 27.5 Å². The van der Waals surface area contributed by atoms with Crippen LogP contribution in [-0.4, -0.2) is 35.8 Å². The van der Waals surface area contributed by atoms with Gasteiger partial charge in [0.2, 0.25) is 0 Å². The Kier molecular flexibility index (Phi) is 6.19. The molecule has 1 aromatic carbocycles. The summed E-state index contributed by atoms with van der Waals surface area (Å²) < 4.78 is 11.9. The monoisotopic (exact) mass is 414 g/mol. The average molecular weight is 415 g/mol. The molecule has 0 unspecified atom stereocenters. The van der Waals surface area contributed by atoms with Gasteiger partial charge in [0, 0.05) is 24.0 Å². The van der Waals surface area contributed by atoms with E-state index in [1.54, 1.807) is 27.9 Å². The number of aryl methyl sites for hydroxylation is 1. The second kappa shape index (κ2) is 8.47. The summed E-state index contributed by atoms with van der Waals surface area (Å²) in [4.78, 5) is 32.9. The third kappa shape index (κ3) is 3.84. The molecule has 0 fully saturated rings. The molecule has 2 heterocycles. The number of hydrogen-bond acceptors (Lipinski definition) is 6. The number of fused-ring (bicyclic) bond motifs is 1. The quantitative estimate of drug-likeness (QED) is 0.548.